The lowest BCUT2D eigenvalue weighted by Crippen LogP contribution is -2.14. The van der Waals surface area contributed by atoms with E-state index in [2.05, 4.69) is 20.0 Å². The zero-order chi connectivity index (χ0) is 19.5. The van der Waals surface area contributed by atoms with Gasteiger partial charge >= 0.3 is 5.97 Å². The number of esters is 1. The first-order valence-corrected chi connectivity index (χ1v) is 8.54. The number of aromatic nitrogens is 3. The summed E-state index contributed by atoms with van der Waals surface area (Å²) in [5.74, 6) is -0.862. The van der Waals surface area contributed by atoms with Gasteiger partial charge in [-0.25, -0.2) is 9.78 Å². The van der Waals surface area contributed by atoms with Gasteiger partial charge in [-0.05, 0) is 48.5 Å². The number of hydrogen-bond acceptors (Lipinski definition) is 5. The number of ether oxygens (including phenoxy) is 1. The van der Waals surface area contributed by atoms with Crippen molar-refractivity contribution in [3.8, 4) is 5.69 Å². The fraction of sp³-hybridized carbons (Fsp3) is 0.0476. The van der Waals surface area contributed by atoms with Gasteiger partial charge in [-0.1, -0.05) is 12.1 Å². The van der Waals surface area contributed by atoms with Crippen molar-refractivity contribution in [3.63, 3.8) is 0 Å². The highest BCUT2D eigenvalue weighted by molar-refractivity contribution is 6.03. The zero-order valence-corrected chi connectivity index (χ0v) is 15.0. The lowest BCUT2D eigenvalue weighted by molar-refractivity contribution is 0.0600. The van der Waals surface area contributed by atoms with E-state index in [4.69, 9.17) is 0 Å². The molecule has 2 heterocycles. The van der Waals surface area contributed by atoms with E-state index < -0.39 is 5.97 Å². The molecular formula is C21H16N4O3. The summed E-state index contributed by atoms with van der Waals surface area (Å²) in [4.78, 5) is 32.2. The number of methoxy groups -OCH3 is 1. The second-order valence-corrected chi connectivity index (χ2v) is 6.03. The van der Waals surface area contributed by atoms with Crippen molar-refractivity contribution >= 4 is 28.6 Å². The summed E-state index contributed by atoms with van der Waals surface area (Å²) < 4.78 is 6.60. The molecule has 1 amide bonds. The van der Waals surface area contributed by atoms with E-state index in [1.54, 1.807) is 6.33 Å². The molecule has 0 saturated heterocycles. The highest BCUT2D eigenvalue weighted by Crippen LogP contribution is 2.20. The van der Waals surface area contributed by atoms with Gasteiger partial charge in [0.1, 0.15) is 12.0 Å². The molecule has 138 valence electrons. The van der Waals surface area contributed by atoms with Crippen molar-refractivity contribution in [2.45, 2.75) is 0 Å². The predicted molar refractivity (Wildman–Crippen MR) is 105 cm³/mol. The summed E-state index contributed by atoms with van der Waals surface area (Å²) in [7, 11) is 1.29. The molecule has 0 aliphatic rings. The first-order chi connectivity index (χ1) is 13.7. The van der Waals surface area contributed by atoms with E-state index in [0.29, 0.717) is 5.69 Å². The lowest BCUT2D eigenvalue weighted by Gasteiger charge is -2.08. The van der Waals surface area contributed by atoms with Gasteiger partial charge in [-0.15, -0.1) is 0 Å². The van der Waals surface area contributed by atoms with Crippen LogP contribution in [0.25, 0.3) is 16.7 Å². The third-order valence-corrected chi connectivity index (χ3v) is 4.27. The SMILES string of the molecule is COC(=O)c1ccc(C(=O)Nc2ccc(-n3cnc4ccccc43)cc2)nc1. The van der Waals surface area contributed by atoms with Gasteiger partial charge in [0, 0.05) is 17.6 Å². The third kappa shape index (κ3) is 3.33. The molecule has 0 radical (unpaired) electrons. The maximum Gasteiger partial charge on any atom is 0.339 e. The van der Waals surface area contributed by atoms with Crippen molar-refractivity contribution < 1.29 is 14.3 Å². The average molecular weight is 372 g/mol. The second kappa shape index (κ2) is 7.32. The quantitative estimate of drug-likeness (QED) is 0.555. The molecule has 4 rings (SSSR count). The number of carbonyl (C=O) groups is 2. The first kappa shape index (κ1) is 17.4. The van der Waals surface area contributed by atoms with Crippen LogP contribution in [0.1, 0.15) is 20.8 Å². The molecule has 0 aliphatic heterocycles. The molecule has 7 heteroatoms. The van der Waals surface area contributed by atoms with Crippen LogP contribution in [-0.2, 0) is 4.74 Å². The standard InChI is InChI=1S/C21H16N4O3/c1-28-21(27)14-6-11-18(22-12-14)20(26)24-15-7-9-16(10-8-15)25-13-23-17-4-2-3-5-19(17)25/h2-13H,1H3,(H,24,26). The maximum absolute atomic E-state index is 12.3. The van der Waals surface area contributed by atoms with E-state index >= 15 is 0 Å². The Morgan fingerprint density at radius 2 is 1.75 bits per heavy atom. The number of para-hydroxylation sites is 2. The van der Waals surface area contributed by atoms with Gasteiger partial charge in [-0.3, -0.25) is 14.3 Å². The highest BCUT2D eigenvalue weighted by atomic mass is 16.5. The van der Waals surface area contributed by atoms with Crippen molar-refractivity contribution in [2.75, 3.05) is 12.4 Å². The molecule has 4 aromatic rings. The van der Waals surface area contributed by atoms with Crippen LogP contribution in [0.2, 0.25) is 0 Å². The molecule has 0 spiro atoms. The molecule has 2 aromatic carbocycles. The Kier molecular flexibility index (Phi) is 4.55. The van der Waals surface area contributed by atoms with Crippen molar-refractivity contribution in [1.29, 1.82) is 0 Å². The van der Waals surface area contributed by atoms with Crippen molar-refractivity contribution in [3.05, 3.63) is 84.4 Å². The number of anilines is 1. The molecule has 7 nitrogen and oxygen atoms in total. The van der Waals surface area contributed by atoms with E-state index in [9.17, 15) is 9.59 Å². The van der Waals surface area contributed by atoms with Gasteiger partial charge in [-0.2, -0.15) is 0 Å². The smallest absolute Gasteiger partial charge is 0.339 e. The molecule has 0 unspecified atom stereocenters. The first-order valence-electron chi connectivity index (χ1n) is 8.54. The molecule has 2 aromatic heterocycles. The van der Waals surface area contributed by atoms with Crippen LogP contribution in [0.3, 0.4) is 0 Å². The summed E-state index contributed by atoms with van der Waals surface area (Å²) in [6.07, 6.45) is 3.08. The number of nitrogens with one attached hydrogen (secondary N) is 1. The van der Waals surface area contributed by atoms with Crippen LogP contribution in [0.15, 0.2) is 73.2 Å². The summed E-state index contributed by atoms with van der Waals surface area (Å²) in [6.45, 7) is 0. The van der Waals surface area contributed by atoms with E-state index in [1.807, 2.05) is 53.1 Å². The number of hydrogen-bond donors (Lipinski definition) is 1. The van der Waals surface area contributed by atoms with Crippen molar-refractivity contribution in [2.24, 2.45) is 0 Å². The Balaban J connectivity index is 1.50. The number of benzene rings is 2. The number of carbonyl (C=O) groups excluding carboxylic acids is 2. The van der Waals surface area contributed by atoms with Crippen LogP contribution in [0, 0.1) is 0 Å². The van der Waals surface area contributed by atoms with Gasteiger partial charge in [0.05, 0.1) is 23.7 Å². The lowest BCUT2D eigenvalue weighted by atomic mass is 10.2. The van der Waals surface area contributed by atoms with Gasteiger partial charge in [0.15, 0.2) is 0 Å². The molecule has 0 atom stereocenters. The topological polar surface area (TPSA) is 86.1 Å². The Labute approximate surface area is 160 Å². The molecule has 0 fully saturated rings. The second-order valence-electron chi connectivity index (χ2n) is 6.03. The summed E-state index contributed by atoms with van der Waals surface area (Å²) in [5, 5.41) is 2.79. The predicted octanol–water partition coefficient (Wildman–Crippen LogP) is 3.46. The fourth-order valence-electron chi connectivity index (χ4n) is 2.83. The highest BCUT2D eigenvalue weighted by Gasteiger charge is 2.11. The summed E-state index contributed by atoms with van der Waals surface area (Å²) in [5.41, 5.74) is 3.99. The monoisotopic (exact) mass is 372 g/mol. The molecule has 0 bridgehead atoms. The minimum Gasteiger partial charge on any atom is -0.465 e. The van der Waals surface area contributed by atoms with Crippen molar-refractivity contribution in [1.82, 2.24) is 14.5 Å². The molecule has 0 saturated carbocycles. The summed E-state index contributed by atoms with van der Waals surface area (Å²) in [6, 6.07) is 18.3. The number of fused-ring (bicyclic) bond motifs is 1. The minimum absolute atomic E-state index is 0.206. The number of rotatable bonds is 4. The molecule has 1 N–H and O–H groups in total. The average Bonchev–Trinajstić information content (AvgIpc) is 3.18. The van der Waals surface area contributed by atoms with Gasteiger partial charge in [0.25, 0.3) is 5.91 Å². The maximum atomic E-state index is 12.3. The zero-order valence-electron chi connectivity index (χ0n) is 15.0. The van der Waals surface area contributed by atoms with Crippen LogP contribution < -0.4 is 5.32 Å². The van der Waals surface area contributed by atoms with Crippen LogP contribution in [0.4, 0.5) is 5.69 Å². The molecular weight excluding hydrogens is 356 g/mol. The number of pyridine rings is 1. The van der Waals surface area contributed by atoms with E-state index in [-0.39, 0.29) is 17.2 Å². The molecule has 28 heavy (non-hydrogen) atoms. The third-order valence-electron chi connectivity index (χ3n) is 4.27. The van der Waals surface area contributed by atoms with Crippen LogP contribution in [0.5, 0.6) is 0 Å². The Hall–Kier alpha value is -4.00. The summed E-state index contributed by atoms with van der Waals surface area (Å²) >= 11 is 0. The van der Waals surface area contributed by atoms with E-state index in [0.717, 1.165) is 16.7 Å². The van der Waals surface area contributed by atoms with E-state index in [1.165, 1.54) is 25.4 Å². The van der Waals surface area contributed by atoms with Crippen LogP contribution in [-0.4, -0.2) is 33.5 Å². The number of amides is 1. The fourth-order valence-corrected chi connectivity index (χ4v) is 2.83. The molecule has 0 aliphatic carbocycles. The normalized spacial score (nSPS) is 10.6. The van der Waals surface area contributed by atoms with Gasteiger partial charge in [0.2, 0.25) is 0 Å². The largest absolute Gasteiger partial charge is 0.465 e. The van der Waals surface area contributed by atoms with Gasteiger partial charge < -0.3 is 10.1 Å². The van der Waals surface area contributed by atoms with Crippen LogP contribution >= 0.6 is 0 Å². The number of nitrogens with zero attached hydrogens (tertiary/aromatic N) is 3. The Morgan fingerprint density at radius 1 is 0.964 bits per heavy atom. The Morgan fingerprint density at radius 3 is 2.46 bits per heavy atom. The minimum atomic E-state index is -0.498. The Bertz CT molecular complexity index is 1150. The number of imidazole rings is 1.